The third kappa shape index (κ3) is 2.42. The molecule has 1 unspecified atom stereocenters. The molecule has 0 radical (unpaired) electrons. The van der Waals surface area contributed by atoms with E-state index in [2.05, 4.69) is 56.3 Å². The Morgan fingerprint density at radius 1 is 1.17 bits per heavy atom. The molecule has 122 valence electrons. The fourth-order valence-corrected chi connectivity index (χ4v) is 4.77. The van der Waals surface area contributed by atoms with Crippen molar-refractivity contribution in [3.8, 4) is 0 Å². The third-order valence-electron chi connectivity index (χ3n) is 5.78. The Labute approximate surface area is 138 Å². The normalized spacial score (nSPS) is 32.1. The molecule has 2 aliphatic rings. The van der Waals surface area contributed by atoms with Gasteiger partial charge in [0.15, 0.2) is 0 Å². The van der Waals surface area contributed by atoms with Crippen molar-refractivity contribution in [2.75, 3.05) is 0 Å². The molecule has 2 heterocycles. The van der Waals surface area contributed by atoms with Crippen LogP contribution in [0.3, 0.4) is 0 Å². The molecule has 2 aromatic rings. The average molecular weight is 311 g/mol. The fraction of sp³-hybridized carbons (Fsp3) is 0.550. The van der Waals surface area contributed by atoms with Gasteiger partial charge in [-0.05, 0) is 36.7 Å². The van der Waals surface area contributed by atoms with E-state index in [1.54, 1.807) is 0 Å². The highest BCUT2D eigenvalue weighted by Crippen LogP contribution is 2.52. The van der Waals surface area contributed by atoms with E-state index in [1.165, 1.54) is 17.5 Å². The minimum absolute atomic E-state index is 0.131. The van der Waals surface area contributed by atoms with Crippen LogP contribution in [0, 0.1) is 5.41 Å². The van der Waals surface area contributed by atoms with Crippen LogP contribution >= 0.6 is 0 Å². The number of rotatable bonds is 2. The number of nitrogens with zero attached hydrogens (tertiary/aromatic N) is 1. The van der Waals surface area contributed by atoms with Crippen molar-refractivity contribution in [2.45, 2.75) is 64.1 Å². The van der Waals surface area contributed by atoms with Crippen LogP contribution in [0.4, 0.5) is 0 Å². The fourth-order valence-electron chi connectivity index (χ4n) is 4.77. The molecule has 0 bridgehead atoms. The Morgan fingerprint density at radius 2 is 1.96 bits per heavy atom. The summed E-state index contributed by atoms with van der Waals surface area (Å²) < 4.78 is 12.2. The Morgan fingerprint density at radius 3 is 2.74 bits per heavy atom. The molecule has 0 saturated carbocycles. The number of hydrogen-bond acceptors (Lipinski definition) is 3. The van der Waals surface area contributed by atoms with E-state index in [4.69, 9.17) is 9.26 Å². The van der Waals surface area contributed by atoms with Crippen LogP contribution in [0.1, 0.15) is 50.5 Å². The van der Waals surface area contributed by atoms with Crippen molar-refractivity contribution < 1.29 is 9.26 Å². The molecule has 1 aliphatic heterocycles. The lowest BCUT2D eigenvalue weighted by Gasteiger charge is -2.53. The summed E-state index contributed by atoms with van der Waals surface area (Å²) in [5, 5.41) is 4.04. The molecule has 1 aliphatic carbocycles. The van der Waals surface area contributed by atoms with Crippen molar-refractivity contribution in [3.63, 3.8) is 0 Å². The number of aromatic nitrogens is 1. The van der Waals surface area contributed by atoms with Crippen LogP contribution in [0.2, 0.25) is 0 Å². The first-order valence-corrected chi connectivity index (χ1v) is 8.62. The highest BCUT2D eigenvalue weighted by Gasteiger charge is 2.54. The van der Waals surface area contributed by atoms with Gasteiger partial charge >= 0.3 is 0 Å². The molecule has 3 atom stereocenters. The van der Waals surface area contributed by atoms with Gasteiger partial charge in [-0.2, -0.15) is 0 Å². The molecule has 0 N–H and O–H groups in total. The van der Waals surface area contributed by atoms with Gasteiger partial charge in [0.2, 0.25) is 0 Å². The van der Waals surface area contributed by atoms with E-state index in [0.29, 0.717) is 6.10 Å². The molecular formula is C20H25NO2. The zero-order valence-electron chi connectivity index (χ0n) is 14.2. The number of benzene rings is 1. The molecule has 3 nitrogen and oxygen atoms in total. The largest absolute Gasteiger partial charge is 0.373 e. The minimum Gasteiger partial charge on any atom is -0.373 e. The van der Waals surface area contributed by atoms with Crippen molar-refractivity contribution in [3.05, 3.63) is 53.4 Å². The van der Waals surface area contributed by atoms with Crippen molar-refractivity contribution in [1.82, 2.24) is 5.16 Å². The van der Waals surface area contributed by atoms with Crippen molar-refractivity contribution in [2.24, 2.45) is 5.41 Å². The summed E-state index contributed by atoms with van der Waals surface area (Å²) in [6.45, 7) is 6.85. The van der Waals surface area contributed by atoms with Gasteiger partial charge in [-0.15, -0.1) is 0 Å². The zero-order chi connectivity index (χ0) is 16.1. The second kappa shape index (κ2) is 5.20. The molecule has 1 fully saturated rings. The van der Waals surface area contributed by atoms with Crippen LogP contribution in [0.25, 0.3) is 0 Å². The van der Waals surface area contributed by atoms with E-state index in [0.717, 1.165) is 25.0 Å². The summed E-state index contributed by atoms with van der Waals surface area (Å²) in [6, 6.07) is 10.7. The first kappa shape index (κ1) is 14.9. The second-order valence-corrected chi connectivity index (χ2v) is 8.10. The van der Waals surface area contributed by atoms with Gasteiger partial charge < -0.3 is 9.26 Å². The molecule has 0 amide bonds. The van der Waals surface area contributed by atoms with Gasteiger partial charge in [0.1, 0.15) is 5.76 Å². The lowest BCUT2D eigenvalue weighted by atomic mass is 9.59. The van der Waals surface area contributed by atoms with E-state index >= 15 is 0 Å². The quantitative estimate of drug-likeness (QED) is 0.829. The van der Waals surface area contributed by atoms with Gasteiger partial charge in [-0.3, -0.25) is 0 Å². The average Bonchev–Trinajstić information content (AvgIpc) is 2.98. The molecule has 23 heavy (non-hydrogen) atoms. The van der Waals surface area contributed by atoms with E-state index in [-0.39, 0.29) is 16.9 Å². The number of hydrogen-bond donors (Lipinski definition) is 0. The smallest absolute Gasteiger partial charge is 0.148 e. The minimum atomic E-state index is -0.131. The molecule has 1 aromatic heterocycles. The molecular weight excluding hydrogens is 286 g/mol. The maximum atomic E-state index is 6.65. The summed E-state index contributed by atoms with van der Waals surface area (Å²) >= 11 is 0. The Bertz CT molecular complexity index is 691. The van der Waals surface area contributed by atoms with Crippen LogP contribution in [-0.4, -0.2) is 17.4 Å². The van der Waals surface area contributed by atoms with Gasteiger partial charge in [0.05, 0.1) is 23.8 Å². The van der Waals surface area contributed by atoms with Crippen molar-refractivity contribution >= 4 is 0 Å². The predicted octanol–water partition coefficient (Wildman–Crippen LogP) is 4.30. The predicted molar refractivity (Wildman–Crippen MR) is 89.4 cm³/mol. The van der Waals surface area contributed by atoms with E-state index < -0.39 is 0 Å². The van der Waals surface area contributed by atoms with E-state index in [9.17, 15) is 0 Å². The van der Waals surface area contributed by atoms with Crippen LogP contribution in [-0.2, 0) is 23.0 Å². The Balaban J connectivity index is 1.60. The first-order valence-electron chi connectivity index (χ1n) is 8.62. The maximum absolute atomic E-state index is 6.65. The van der Waals surface area contributed by atoms with Gasteiger partial charge in [-0.1, -0.05) is 56.3 Å². The zero-order valence-corrected chi connectivity index (χ0v) is 14.2. The first-order chi connectivity index (χ1) is 11.0. The summed E-state index contributed by atoms with van der Waals surface area (Å²) in [5.74, 6) is 1.01. The molecule has 1 aromatic carbocycles. The summed E-state index contributed by atoms with van der Waals surface area (Å²) in [4.78, 5) is 0. The highest BCUT2D eigenvalue weighted by atomic mass is 16.5. The molecule has 0 spiro atoms. The Hall–Kier alpha value is -1.61. The van der Waals surface area contributed by atoms with Crippen molar-refractivity contribution in [1.29, 1.82) is 0 Å². The molecule has 1 saturated heterocycles. The highest BCUT2D eigenvalue weighted by molar-refractivity contribution is 5.31. The van der Waals surface area contributed by atoms with Gasteiger partial charge in [0, 0.05) is 5.56 Å². The molecule has 4 rings (SSSR count). The van der Waals surface area contributed by atoms with Gasteiger partial charge in [0.25, 0.3) is 0 Å². The Kier molecular flexibility index (Phi) is 3.38. The summed E-state index contributed by atoms with van der Waals surface area (Å²) in [5.41, 5.74) is 2.66. The van der Waals surface area contributed by atoms with Crippen LogP contribution < -0.4 is 0 Å². The number of fused-ring (bicyclic) bond motifs is 2. The van der Waals surface area contributed by atoms with E-state index in [1.807, 2.05) is 6.20 Å². The monoisotopic (exact) mass is 311 g/mol. The standard InChI is InChI=1S/C20H25NO2/c1-19(2)17-15(13-21-23-17)12-20(3)10-9-16(22-18(19)20)11-14-7-5-4-6-8-14/h4-8,13,16,18H,9-12H2,1-3H3/t16-,18+,20?/m1/s1. The third-order valence-corrected chi connectivity index (χ3v) is 5.78. The van der Waals surface area contributed by atoms with Gasteiger partial charge in [-0.25, -0.2) is 0 Å². The summed E-state index contributed by atoms with van der Waals surface area (Å²) in [6.07, 6.45) is 6.69. The lowest BCUT2D eigenvalue weighted by Crippen LogP contribution is -2.56. The summed E-state index contributed by atoms with van der Waals surface area (Å²) in [7, 11) is 0. The second-order valence-electron chi connectivity index (χ2n) is 8.10. The SMILES string of the molecule is CC12CC[C@H](Cc3ccccc3)O[C@H]1C(C)(C)c1oncc1C2. The topological polar surface area (TPSA) is 35.3 Å². The van der Waals surface area contributed by atoms with Crippen LogP contribution in [0.15, 0.2) is 41.1 Å². The maximum Gasteiger partial charge on any atom is 0.148 e. The molecule has 3 heteroatoms. The van der Waals surface area contributed by atoms with Crippen LogP contribution in [0.5, 0.6) is 0 Å². The number of ether oxygens (including phenoxy) is 1. The lowest BCUT2D eigenvalue weighted by molar-refractivity contribution is -0.161.